The van der Waals surface area contributed by atoms with Crippen LogP contribution >= 0.6 is 0 Å². The molecule has 0 heterocycles. The van der Waals surface area contributed by atoms with Crippen LogP contribution in [-0.4, -0.2) is 12.8 Å². The summed E-state index contributed by atoms with van der Waals surface area (Å²) in [5.74, 6) is 0. The number of carbonyl (C=O) groups is 1. The van der Waals surface area contributed by atoms with Gasteiger partial charge in [0.25, 0.3) is 6.01 Å². The molecule has 0 N–H and O–H groups in total. The van der Waals surface area contributed by atoms with Crippen molar-refractivity contribution in [3.63, 3.8) is 0 Å². The van der Waals surface area contributed by atoms with E-state index in [4.69, 9.17) is 0 Å². The van der Waals surface area contributed by atoms with Gasteiger partial charge in [0.2, 0.25) is 0 Å². The lowest BCUT2D eigenvalue weighted by molar-refractivity contribution is 0.0668. The van der Waals surface area contributed by atoms with Crippen molar-refractivity contribution in [2.24, 2.45) is 0 Å². The van der Waals surface area contributed by atoms with Crippen molar-refractivity contribution in [1.29, 1.82) is 0 Å². The van der Waals surface area contributed by atoms with Crippen LogP contribution in [0.5, 0.6) is 0 Å². The standard InChI is InChI=1S/C11H11FO3/c1-2-14-11(13)15-10(12)8-9-6-4-3-5-7-9/h3-8H,2H2,1H3/b10-8+. The number of rotatable bonds is 3. The van der Waals surface area contributed by atoms with Gasteiger partial charge in [0.1, 0.15) is 0 Å². The lowest BCUT2D eigenvalue weighted by atomic mass is 10.2. The topological polar surface area (TPSA) is 35.5 Å². The molecule has 0 saturated heterocycles. The molecule has 0 bridgehead atoms. The Morgan fingerprint density at radius 3 is 2.67 bits per heavy atom. The zero-order chi connectivity index (χ0) is 11.1. The molecule has 3 nitrogen and oxygen atoms in total. The third-order valence-corrected chi connectivity index (χ3v) is 1.52. The highest BCUT2D eigenvalue weighted by atomic mass is 19.1. The molecule has 0 fully saturated rings. The monoisotopic (exact) mass is 210 g/mol. The first-order chi connectivity index (χ1) is 7.22. The smallest absolute Gasteiger partial charge is 0.434 e. The van der Waals surface area contributed by atoms with Crippen LogP contribution in [0.3, 0.4) is 0 Å². The minimum Gasteiger partial charge on any atom is -0.434 e. The number of hydrogen-bond donors (Lipinski definition) is 0. The zero-order valence-electron chi connectivity index (χ0n) is 8.27. The van der Waals surface area contributed by atoms with Gasteiger partial charge >= 0.3 is 6.16 Å². The second kappa shape index (κ2) is 5.80. The fraction of sp³-hybridized carbons (Fsp3) is 0.182. The van der Waals surface area contributed by atoms with Gasteiger partial charge in [-0.15, -0.1) is 0 Å². The Bertz CT molecular complexity index is 346. The van der Waals surface area contributed by atoms with Gasteiger partial charge in [0.05, 0.1) is 6.61 Å². The summed E-state index contributed by atoms with van der Waals surface area (Å²) in [5.41, 5.74) is 0.610. The first-order valence-electron chi connectivity index (χ1n) is 4.49. The number of hydrogen-bond acceptors (Lipinski definition) is 3. The first kappa shape index (κ1) is 11.2. The average Bonchev–Trinajstić information content (AvgIpc) is 2.19. The van der Waals surface area contributed by atoms with Crippen molar-refractivity contribution in [2.75, 3.05) is 6.61 Å². The summed E-state index contributed by atoms with van der Waals surface area (Å²) in [6, 6.07) is 7.70. The fourth-order valence-electron chi connectivity index (χ4n) is 0.937. The van der Waals surface area contributed by atoms with Crippen LogP contribution in [0.4, 0.5) is 9.18 Å². The molecule has 0 amide bonds. The van der Waals surface area contributed by atoms with Gasteiger partial charge in [-0.25, -0.2) is 4.79 Å². The van der Waals surface area contributed by atoms with E-state index >= 15 is 0 Å². The van der Waals surface area contributed by atoms with E-state index in [1.165, 1.54) is 0 Å². The first-order valence-corrected chi connectivity index (χ1v) is 4.49. The summed E-state index contributed by atoms with van der Waals surface area (Å²) in [5, 5.41) is 0. The molecule has 0 aromatic heterocycles. The molecule has 0 aliphatic carbocycles. The van der Waals surface area contributed by atoms with Crippen molar-refractivity contribution in [1.82, 2.24) is 0 Å². The molecule has 1 aromatic carbocycles. The summed E-state index contributed by atoms with van der Waals surface area (Å²) in [6.07, 6.45) is 0.0684. The fourth-order valence-corrected chi connectivity index (χ4v) is 0.937. The summed E-state index contributed by atoms with van der Waals surface area (Å²) >= 11 is 0. The van der Waals surface area contributed by atoms with E-state index in [-0.39, 0.29) is 6.61 Å². The highest BCUT2D eigenvalue weighted by molar-refractivity contribution is 5.63. The Morgan fingerprint density at radius 1 is 1.40 bits per heavy atom. The van der Waals surface area contributed by atoms with E-state index in [0.29, 0.717) is 5.56 Å². The SMILES string of the molecule is CCOC(=O)O/C(F)=C/c1ccccc1. The van der Waals surface area contributed by atoms with Gasteiger partial charge in [-0.3, -0.25) is 0 Å². The maximum atomic E-state index is 13.0. The van der Waals surface area contributed by atoms with Gasteiger partial charge in [0.15, 0.2) is 0 Å². The molecule has 1 rings (SSSR count). The van der Waals surface area contributed by atoms with Gasteiger partial charge in [-0.1, -0.05) is 30.3 Å². The van der Waals surface area contributed by atoms with Gasteiger partial charge in [-0.05, 0) is 12.5 Å². The Balaban J connectivity index is 2.57. The Morgan fingerprint density at radius 2 is 2.07 bits per heavy atom. The summed E-state index contributed by atoms with van der Waals surface area (Å²) in [7, 11) is 0. The van der Waals surface area contributed by atoms with Crippen molar-refractivity contribution < 1.29 is 18.7 Å². The molecule has 0 radical (unpaired) electrons. The van der Waals surface area contributed by atoms with Crippen LogP contribution in [0.25, 0.3) is 6.08 Å². The Kier molecular flexibility index (Phi) is 4.34. The third kappa shape index (κ3) is 4.26. The molecular weight excluding hydrogens is 199 g/mol. The summed E-state index contributed by atoms with van der Waals surface area (Å²) in [6.45, 7) is 1.76. The van der Waals surface area contributed by atoms with E-state index in [1.54, 1.807) is 37.3 Å². The maximum absolute atomic E-state index is 13.0. The van der Waals surface area contributed by atoms with Crippen molar-refractivity contribution in [3.05, 3.63) is 41.9 Å². The molecule has 0 atom stereocenters. The largest absolute Gasteiger partial charge is 0.515 e. The number of carbonyl (C=O) groups excluding carboxylic acids is 1. The second-order valence-corrected chi connectivity index (χ2v) is 2.64. The van der Waals surface area contributed by atoms with E-state index in [2.05, 4.69) is 9.47 Å². The number of halogens is 1. The van der Waals surface area contributed by atoms with Gasteiger partial charge in [-0.2, -0.15) is 4.39 Å². The van der Waals surface area contributed by atoms with Crippen LogP contribution in [0, 0.1) is 0 Å². The molecule has 4 heteroatoms. The van der Waals surface area contributed by atoms with Crippen LogP contribution in [0.2, 0.25) is 0 Å². The van der Waals surface area contributed by atoms with Crippen LogP contribution < -0.4 is 0 Å². The minimum absolute atomic E-state index is 0.150. The quantitative estimate of drug-likeness (QED) is 0.568. The van der Waals surface area contributed by atoms with Crippen LogP contribution in [-0.2, 0) is 9.47 Å². The van der Waals surface area contributed by atoms with E-state index in [9.17, 15) is 9.18 Å². The summed E-state index contributed by atoms with van der Waals surface area (Å²) < 4.78 is 21.6. The van der Waals surface area contributed by atoms with E-state index in [1.807, 2.05) is 0 Å². The lowest BCUT2D eigenvalue weighted by Crippen LogP contribution is -2.04. The number of ether oxygens (including phenoxy) is 2. The molecule has 1 aromatic rings. The van der Waals surface area contributed by atoms with Crippen molar-refractivity contribution >= 4 is 12.2 Å². The Labute approximate surface area is 87.1 Å². The highest BCUT2D eigenvalue weighted by Gasteiger charge is 2.06. The molecule has 0 aliphatic heterocycles. The predicted molar refractivity (Wildman–Crippen MR) is 53.6 cm³/mol. The van der Waals surface area contributed by atoms with Gasteiger partial charge < -0.3 is 9.47 Å². The predicted octanol–water partition coefficient (Wildman–Crippen LogP) is 3.13. The molecule has 0 aliphatic rings. The number of benzene rings is 1. The minimum atomic E-state index is -1.04. The molecule has 80 valence electrons. The normalized spacial score (nSPS) is 10.9. The lowest BCUT2D eigenvalue weighted by Gasteiger charge is -2.00. The summed E-state index contributed by atoms with van der Waals surface area (Å²) in [4.78, 5) is 10.7. The van der Waals surface area contributed by atoms with E-state index < -0.39 is 12.2 Å². The Hall–Kier alpha value is -1.84. The van der Waals surface area contributed by atoms with E-state index in [0.717, 1.165) is 6.08 Å². The second-order valence-electron chi connectivity index (χ2n) is 2.64. The molecular formula is C11H11FO3. The molecule has 15 heavy (non-hydrogen) atoms. The van der Waals surface area contributed by atoms with Crippen molar-refractivity contribution in [2.45, 2.75) is 6.92 Å². The zero-order valence-corrected chi connectivity index (χ0v) is 8.27. The van der Waals surface area contributed by atoms with Gasteiger partial charge in [0, 0.05) is 6.08 Å². The maximum Gasteiger partial charge on any atom is 0.515 e. The highest BCUT2D eigenvalue weighted by Crippen LogP contribution is 2.09. The van der Waals surface area contributed by atoms with Crippen LogP contribution in [0.1, 0.15) is 12.5 Å². The average molecular weight is 210 g/mol. The third-order valence-electron chi connectivity index (χ3n) is 1.52. The van der Waals surface area contributed by atoms with Crippen LogP contribution in [0.15, 0.2) is 36.3 Å². The molecule has 0 saturated carbocycles. The molecule has 0 spiro atoms. The van der Waals surface area contributed by atoms with Crippen molar-refractivity contribution in [3.8, 4) is 0 Å². The molecule has 0 unspecified atom stereocenters.